The number of amides is 1. The molecule has 0 saturated heterocycles. The molecule has 0 spiro atoms. The third-order valence-electron chi connectivity index (χ3n) is 3.57. The monoisotopic (exact) mass is 356 g/mol. The molecule has 1 unspecified atom stereocenters. The zero-order valence-corrected chi connectivity index (χ0v) is 12.6. The van der Waals surface area contributed by atoms with E-state index in [-0.39, 0.29) is 19.1 Å². The van der Waals surface area contributed by atoms with Crippen molar-refractivity contribution in [2.75, 3.05) is 6.61 Å². The molecule has 132 valence electrons. The normalized spacial score (nSPS) is 16.1. The van der Waals surface area contributed by atoms with Crippen molar-refractivity contribution in [2.24, 2.45) is 0 Å². The van der Waals surface area contributed by atoms with Crippen LogP contribution < -0.4 is 14.8 Å². The molecular weight excluding hydrogens is 344 g/mol. The van der Waals surface area contributed by atoms with Crippen LogP contribution in [0.2, 0.25) is 0 Å². The van der Waals surface area contributed by atoms with Gasteiger partial charge in [-0.3, -0.25) is 4.79 Å². The minimum absolute atomic E-state index is 0.0475. The van der Waals surface area contributed by atoms with Crippen LogP contribution in [0.3, 0.4) is 0 Å². The molecule has 1 N–H and O–H groups in total. The molecule has 2 heterocycles. The van der Waals surface area contributed by atoms with Gasteiger partial charge in [0, 0.05) is 18.3 Å². The standard InChI is InChI=1S/C16H12F4N2O3/c17-12-6-9(3-4-13(12)25-16(18,19)20)7-22-14(23)11-8-24-15-10(11)2-1-5-21-15/h1-6,11H,7-8H2,(H,22,23). The second-order valence-electron chi connectivity index (χ2n) is 5.29. The van der Waals surface area contributed by atoms with E-state index < -0.39 is 23.8 Å². The molecule has 2 aromatic rings. The summed E-state index contributed by atoms with van der Waals surface area (Å²) in [5.74, 6) is -2.58. The first kappa shape index (κ1) is 17.0. The summed E-state index contributed by atoms with van der Waals surface area (Å²) in [6.07, 6.45) is -3.42. The quantitative estimate of drug-likeness (QED) is 0.856. The topological polar surface area (TPSA) is 60.5 Å². The number of pyridine rings is 1. The minimum Gasteiger partial charge on any atom is -0.476 e. The maximum absolute atomic E-state index is 13.6. The first-order valence-electron chi connectivity index (χ1n) is 7.23. The molecule has 1 atom stereocenters. The van der Waals surface area contributed by atoms with Crippen molar-refractivity contribution in [1.29, 1.82) is 0 Å². The molecule has 25 heavy (non-hydrogen) atoms. The van der Waals surface area contributed by atoms with Crippen LogP contribution >= 0.6 is 0 Å². The Morgan fingerprint density at radius 2 is 2.16 bits per heavy atom. The smallest absolute Gasteiger partial charge is 0.476 e. The summed E-state index contributed by atoms with van der Waals surface area (Å²) in [5.41, 5.74) is 0.950. The predicted molar refractivity (Wildman–Crippen MR) is 77.4 cm³/mol. The zero-order chi connectivity index (χ0) is 18.0. The second kappa shape index (κ2) is 6.58. The van der Waals surface area contributed by atoms with Crippen LogP contribution in [0.5, 0.6) is 11.6 Å². The summed E-state index contributed by atoms with van der Waals surface area (Å²) < 4.78 is 58.8. The average Bonchev–Trinajstić information content (AvgIpc) is 2.98. The van der Waals surface area contributed by atoms with Crippen LogP contribution in [0.1, 0.15) is 17.0 Å². The fourth-order valence-electron chi connectivity index (χ4n) is 2.43. The number of halogens is 4. The molecule has 1 aliphatic heterocycles. The number of hydrogen-bond donors (Lipinski definition) is 1. The van der Waals surface area contributed by atoms with Crippen LogP contribution in [0.15, 0.2) is 36.5 Å². The molecule has 1 amide bonds. The van der Waals surface area contributed by atoms with E-state index in [0.717, 1.165) is 12.1 Å². The summed E-state index contributed by atoms with van der Waals surface area (Å²) in [5, 5.41) is 2.60. The Bertz CT molecular complexity index is 795. The zero-order valence-electron chi connectivity index (χ0n) is 12.6. The van der Waals surface area contributed by atoms with Crippen molar-refractivity contribution in [3.05, 3.63) is 53.5 Å². The molecule has 0 bridgehead atoms. The summed E-state index contributed by atoms with van der Waals surface area (Å²) in [7, 11) is 0. The van der Waals surface area contributed by atoms with Crippen LogP contribution in [0.4, 0.5) is 17.6 Å². The van der Waals surface area contributed by atoms with Crippen LogP contribution in [0.25, 0.3) is 0 Å². The summed E-state index contributed by atoms with van der Waals surface area (Å²) in [6.45, 7) is 0.0963. The Morgan fingerprint density at radius 1 is 1.36 bits per heavy atom. The van der Waals surface area contributed by atoms with Crippen LogP contribution in [0, 0.1) is 5.82 Å². The lowest BCUT2D eigenvalue weighted by molar-refractivity contribution is -0.275. The van der Waals surface area contributed by atoms with Crippen molar-refractivity contribution >= 4 is 5.91 Å². The SMILES string of the molecule is O=C(NCc1ccc(OC(F)(F)F)c(F)c1)C1COc2ncccc21. The van der Waals surface area contributed by atoms with Gasteiger partial charge >= 0.3 is 6.36 Å². The van der Waals surface area contributed by atoms with Gasteiger partial charge in [-0.25, -0.2) is 9.37 Å². The van der Waals surface area contributed by atoms with E-state index in [9.17, 15) is 22.4 Å². The molecule has 0 aliphatic carbocycles. The number of benzene rings is 1. The molecule has 5 nitrogen and oxygen atoms in total. The number of rotatable bonds is 4. The first-order chi connectivity index (χ1) is 11.8. The van der Waals surface area contributed by atoms with Gasteiger partial charge in [0.15, 0.2) is 11.6 Å². The number of carbonyl (C=O) groups excluding carboxylic acids is 1. The Morgan fingerprint density at radius 3 is 2.88 bits per heavy atom. The molecule has 1 aromatic heterocycles. The number of nitrogens with one attached hydrogen (secondary N) is 1. The first-order valence-corrected chi connectivity index (χ1v) is 7.23. The molecule has 0 saturated carbocycles. The van der Waals surface area contributed by atoms with Gasteiger partial charge in [0.2, 0.25) is 11.8 Å². The van der Waals surface area contributed by atoms with Gasteiger partial charge in [-0.15, -0.1) is 13.2 Å². The van der Waals surface area contributed by atoms with E-state index in [0.29, 0.717) is 17.0 Å². The molecular formula is C16H12F4N2O3. The van der Waals surface area contributed by atoms with E-state index in [1.54, 1.807) is 18.3 Å². The number of fused-ring (bicyclic) bond motifs is 1. The molecule has 3 rings (SSSR count). The van der Waals surface area contributed by atoms with Gasteiger partial charge in [-0.1, -0.05) is 12.1 Å². The summed E-state index contributed by atoms with van der Waals surface area (Å²) in [4.78, 5) is 16.2. The molecule has 9 heteroatoms. The van der Waals surface area contributed by atoms with Crippen molar-refractivity contribution in [1.82, 2.24) is 10.3 Å². The van der Waals surface area contributed by atoms with E-state index >= 15 is 0 Å². The van der Waals surface area contributed by atoms with Gasteiger partial charge in [0.05, 0.1) is 0 Å². The lowest BCUT2D eigenvalue weighted by atomic mass is 10.0. The molecule has 1 aliphatic rings. The van der Waals surface area contributed by atoms with Gasteiger partial charge in [-0.05, 0) is 23.8 Å². The number of ether oxygens (including phenoxy) is 2. The van der Waals surface area contributed by atoms with Gasteiger partial charge in [0.25, 0.3) is 0 Å². The molecule has 0 fully saturated rings. The second-order valence-corrected chi connectivity index (χ2v) is 5.29. The summed E-state index contributed by atoms with van der Waals surface area (Å²) in [6, 6.07) is 6.39. The highest BCUT2D eigenvalue weighted by molar-refractivity contribution is 5.85. The van der Waals surface area contributed by atoms with Gasteiger partial charge in [-0.2, -0.15) is 0 Å². The predicted octanol–water partition coefficient (Wildman–Crippen LogP) is 2.91. The number of carbonyl (C=O) groups is 1. The third kappa shape index (κ3) is 3.98. The Hall–Kier alpha value is -2.84. The maximum Gasteiger partial charge on any atom is 0.573 e. The largest absolute Gasteiger partial charge is 0.573 e. The van der Waals surface area contributed by atoms with E-state index in [1.165, 1.54) is 6.07 Å². The van der Waals surface area contributed by atoms with Crippen molar-refractivity contribution in [2.45, 2.75) is 18.8 Å². The maximum atomic E-state index is 13.6. The number of hydrogen-bond acceptors (Lipinski definition) is 4. The number of aromatic nitrogens is 1. The lowest BCUT2D eigenvalue weighted by Crippen LogP contribution is -2.29. The van der Waals surface area contributed by atoms with E-state index in [4.69, 9.17) is 4.74 Å². The Kier molecular flexibility index (Phi) is 4.47. The van der Waals surface area contributed by atoms with Crippen molar-refractivity contribution < 1.29 is 31.8 Å². The van der Waals surface area contributed by atoms with Crippen LogP contribution in [-0.4, -0.2) is 23.9 Å². The van der Waals surface area contributed by atoms with E-state index in [1.807, 2.05) is 0 Å². The van der Waals surface area contributed by atoms with Crippen LogP contribution in [-0.2, 0) is 11.3 Å². The van der Waals surface area contributed by atoms with Crippen molar-refractivity contribution in [3.63, 3.8) is 0 Å². The van der Waals surface area contributed by atoms with Gasteiger partial charge < -0.3 is 14.8 Å². The summed E-state index contributed by atoms with van der Waals surface area (Å²) >= 11 is 0. The third-order valence-corrected chi connectivity index (χ3v) is 3.57. The van der Waals surface area contributed by atoms with E-state index in [2.05, 4.69) is 15.0 Å². The Balaban J connectivity index is 1.62. The highest BCUT2D eigenvalue weighted by atomic mass is 19.4. The fourth-order valence-corrected chi connectivity index (χ4v) is 2.43. The Labute approximate surface area is 139 Å². The minimum atomic E-state index is -4.97. The highest BCUT2D eigenvalue weighted by Crippen LogP contribution is 2.31. The molecule has 0 radical (unpaired) electrons. The fraction of sp³-hybridized carbons (Fsp3) is 0.250. The highest BCUT2D eigenvalue weighted by Gasteiger charge is 2.33. The number of alkyl halides is 3. The van der Waals surface area contributed by atoms with Crippen molar-refractivity contribution in [3.8, 4) is 11.6 Å². The number of nitrogens with zero attached hydrogens (tertiary/aromatic N) is 1. The lowest BCUT2D eigenvalue weighted by Gasteiger charge is -2.12. The average molecular weight is 356 g/mol. The van der Waals surface area contributed by atoms with Gasteiger partial charge in [0.1, 0.15) is 12.5 Å². The molecule has 1 aromatic carbocycles.